The zero-order chi connectivity index (χ0) is 19.8. The lowest BCUT2D eigenvalue weighted by atomic mass is 9.95. The molecular weight excluding hydrogens is 376 g/mol. The zero-order valence-corrected chi connectivity index (χ0v) is 16.9. The van der Waals surface area contributed by atoms with E-state index in [-0.39, 0.29) is 0 Å². The summed E-state index contributed by atoms with van der Waals surface area (Å²) >= 11 is 6.16. The lowest BCUT2D eigenvalue weighted by molar-refractivity contribution is -0.693. The Kier molecular flexibility index (Phi) is 4.49. The predicted octanol–water partition coefficient (Wildman–Crippen LogP) is 6.68. The normalized spacial score (nSPS) is 11.2. The van der Waals surface area contributed by atoms with E-state index >= 15 is 0 Å². The van der Waals surface area contributed by atoms with E-state index in [9.17, 15) is 0 Å². The number of pyridine rings is 2. The second kappa shape index (κ2) is 7.31. The summed E-state index contributed by atoms with van der Waals surface area (Å²) in [6.07, 6.45) is 4.24. The van der Waals surface area contributed by atoms with E-state index in [1.807, 2.05) is 12.1 Å². The van der Waals surface area contributed by atoms with Crippen molar-refractivity contribution in [3.63, 3.8) is 0 Å². The number of hydrogen-bond acceptors (Lipinski definition) is 1. The first-order chi connectivity index (χ1) is 14.2. The highest BCUT2D eigenvalue weighted by molar-refractivity contribution is 6.30. The number of rotatable bonds is 3. The molecule has 2 heterocycles. The Morgan fingerprint density at radius 1 is 0.862 bits per heavy atom. The van der Waals surface area contributed by atoms with Crippen LogP contribution in [0, 0.1) is 0 Å². The van der Waals surface area contributed by atoms with Crippen molar-refractivity contribution in [2.45, 2.75) is 13.5 Å². The molecule has 0 aliphatic carbocycles. The standard InChI is InChI=1S/C26H20ClN2/c1-2-29-15-5-7-20(17-29)25-16-23(19-9-12-21(27)13-10-19)26-22-8-4-3-6-18(22)11-14-24(26)28-25/h3-17H,2H2,1H3/q+1. The summed E-state index contributed by atoms with van der Waals surface area (Å²) in [5, 5.41) is 4.34. The van der Waals surface area contributed by atoms with Gasteiger partial charge in [0.15, 0.2) is 12.4 Å². The summed E-state index contributed by atoms with van der Waals surface area (Å²) < 4.78 is 2.17. The van der Waals surface area contributed by atoms with Crippen molar-refractivity contribution in [2.24, 2.45) is 0 Å². The minimum Gasteiger partial charge on any atom is -0.247 e. The fourth-order valence-corrected chi connectivity index (χ4v) is 4.01. The van der Waals surface area contributed by atoms with Crippen LogP contribution in [0.25, 0.3) is 44.1 Å². The molecule has 0 aliphatic rings. The van der Waals surface area contributed by atoms with Crippen LogP contribution < -0.4 is 4.57 Å². The van der Waals surface area contributed by atoms with Crippen LogP contribution in [-0.4, -0.2) is 4.98 Å². The van der Waals surface area contributed by atoms with Gasteiger partial charge in [-0.15, -0.1) is 0 Å². The van der Waals surface area contributed by atoms with E-state index in [4.69, 9.17) is 16.6 Å². The van der Waals surface area contributed by atoms with Gasteiger partial charge < -0.3 is 0 Å². The molecule has 2 nitrogen and oxygen atoms in total. The molecule has 2 aromatic heterocycles. The Hall–Kier alpha value is -3.23. The molecule has 0 radical (unpaired) electrons. The van der Waals surface area contributed by atoms with E-state index < -0.39 is 0 Å². The molecule has 0 saturated heterocycles. The van der Waals surface area contributed by atoms with Crippen molar-refractivity contribution in [3.8, 4) is 22.4 Å². The third kappa shape index (κ3) is 3.26. The van der Waals surface area contributed by atoms with Gasteiger partial charge in [-0.2, -0.15) is 0 Å². The minimum absolute atomic E-state index is 0.740. The number of fused-ring (bicyclic) bond motifs is 3. The minimum atomic E-state index is 0.740. The van der Waals surface area contributed by atoms with Crippen LogP contribution in [0.1, 0.15) is 6.92 Å². The quantitative estimate of drug-likeness (QED) is 0.246. The number of halogens is 1. The van der Waals surface area contributed by atoms with Crippen LogP contribution in [0.5, 0.6) is 0 Å². The van der Waals surface area contributed by atoms with Crippen molar-refractivity contribution in [1.82, 2.24) is 4.98 Å². The Labute approximate surface area is 175 Å². The van der Waals surface area contributed by atoms with Gasteiger partial charge in [0.1, 0.15) is 6.54 Å². The van der Waals surface area contributed by atoms with Crippen molar-refractivity contribution in [3.05, 3.63) is 96.3 Å². The molecule has 29 heavy (non-hydrogen) atoms. The summed E-state index contributed by atoms with van der Waals surface area (Å²) in [5.41, 5.74) is 5.39. The second-order valence-corrected chi connectivity index (χ2v) is 7.60. The van der Waals surface area contributed by atoms with E-state index in [1.165, 1.54) is 21.7 Å². The molecule has 0 fully saturated rings. The van der Waals surface area contributed by atoms with Gasteiger partial charge in [-0.25, -0.2) is 9.55 Å². The molecule has 0 amide bonds. The van der Waals surface area contributed by atoms with E-state index in [0.29, 0.717) is 0 Å². The van der Waals surface area contributed by atoms with Crippen LogP contribution in [0.2, 0.25) is 5.02 Å². The zero-order valence-electron chi connectivity index (χ0n) is 16.1. The average Bonchev–Trinajstić information content (AvgIpc) is 2.78. The van der Waals surface area contributed by atoms with Gasteiger partial charge in [0.25, 0.3) is 0 Å². The Balaban J connectivity index is 1.86. The maximum Gasteiger partial charge on any atom is 0.178 e. The topological polar surface area (TPSA) is 16.8 Å². The Bertz CT molecular complexity index is 1340. The monoisotopic (exact) mass is 395 g/mol. The molecule has 0 spiro atoms. The van der Waals surface area contributed by atoms with Crippen molar-refractivity contribution < 1.29 is 4.57 Å². The fourth-order valence-electron chi connectivity index (χ4n) is 3.88. The van der Waals surface area contributed by atoms with Gasteiger partial charge in [0.2, 0.25) is 0 Å². The number of hydrogen-bond donors (Lipinski definition) is 0. The maximum atomic E-state index is 6.16. The van der Waals surface area contributed by atoms with Crippen molar-refractivity contribution in [2.75, 3.05) is 0 Å². The number of benzene rings is 3. The van der Waals surface area contributed by atoms with E-state index in [0.717, 1.165) is 33.9 Å². The van der Waals surface area contributed by atoms with Gasteiger partial charge in [0.05, 0.1) is 16.8 Å². The highest BCUT2D eigenvalue weighted by Gasteiger charge is 2.14. The molecule has 0 N–H and O–H groups in total. The first-order valence-corrected chi connectivity index (χ1v) is 10.2. The highest BCUT2D eigenvalue weighted by atomic mass is 35.5. The van der Waals surface area contributed by atoms with E-state index in [2.05, 4.69) is 90.6 Å². The summed E-state index contributed by atoms with van der Waals surface area (Å²) in [6, 6.07) is 27.2. The third-order valence-electron chi connectivity index (χ3n) is 5.37. The summed E-state index contributed by atoms with van der Waals surface area (Å²) in [7, 11) is 0. The Morgan fingerprint density at radius 2 is 1.69 bits per heavy atom. The predicted molar refractivity (Wildman–Crippen MR) is 121 cm³/mol. The Morgan fingerprint density at radius 3 is 2.52 bits per heavy atom. The van der Waals surface area contributed by atoms with Crippen LogP contribution in [0.4, 0.5) is 0 Å². The van der Waals surface area contributed by atoms with Crippen LogP contribution in [0.3, 0.4) is 0 Å². The SMILES string of the molecule is CC[n+]1cccc(-c2cc(-c3ccc(Cl)cc3)c3c(ccc4ccccc43)n2)c1. The van der Waals surface area contributed by atoms with E-state index in [1.54, 1.807) is 0 Å². The second-order valence-electron chi connectivity index (χ2n) is 7.17. The van der Waals surface area contributed by atoms with Gasteiger partial charge in [0, 0.05) is 16.5 Å². The van der Waals surface area contributed by atoms with Crippen molar-refractivity contribution in [1.29, 1.82) is 0 Å². The van der Waals surface area contributed by atoms with Gasteiger partial charge in [-0.05, 0) is 59.2 Å². The molecule has 5 rings (SSSR count). The van der Waals surface area contributed by atoms with Crippen LogP contribution in [-0.2, 0) is 6.54 Å². The summed E-state index contributed by atoms with van der Waals surface area (Å²) in [6.45, 7) is 3.07. The average molecular weight is 396 g/mol. The van der Waals surface area contributed by atoms with Gasteiger partial charge >= 0.3 is 0 Å². The van der Waals surface area contributed by atoms with Crippen LogP contribution >= 0.6 is 11.6 Å². The summed E-state index contributed by atoms with van der Waals surface area (Å²) in [5.74, 6) is 0. The molecule has 0 aliphatic heterocycles. The molecule has 0 atom stereocenters. The molecule has 3 heteroatoms. The molecule has 140 valence electrons. The molecular formula is C26H20ClN2+. The lowest BCUT2D eigenvalue weighted by Crippen LogP contribution is -2.30. The summed E-state index contributed by atoms with van der Waals surface area (Å²) in [4.78, 5) is 5.04. The first-order valence-electron chi connectivity index (χ1n) is 9.81. The van der Waals surface area contributed by atoms with Crippen molar-refractivity contribution >= 4 is 33.3 Å². The molecule has 0 unspecified atom stereocenters. The fraction of sp³-hybridized carbons (Fsp3) is 0.0769. The third-order valence-corrected chi connectivity index (χ3v) is 5.62. The molecule has 0 bridgehead atoms. The molecule has 5 aromatic rings. The van der Waals surface area contributed by atoms with Gasteiger partial charge in [-0.3, -0.25) is 0 Å². The first kappa shape index (κ1) is 17.8. The number of nitrogens with zero attached hydrogens (tertiary/aromatic N) is 2. The highest BCUT2D eigenvalue weighted by Crippen LogP contribution is 2.36. The molecule has 3 aromatic carbocycles. The largest absolute Gasteiger partial charge is 0.247 e. The smallest absolute Gasteiger partial charge is 0.178 e. The van der Waals surface area contributed by atoms with Crippen LogP contribution in [0.15, 0.2) is 91.3 Å². The number of aryl methyl sites for hydroxylation is 1. The van der Waals surface area contributed by atoms with Gasteiger partial charge in [-0.1, -0.05) is 54.1 Å². The number of aromatic nitrogens is 2. The maximum absolute atomic E-state index is 6.16. The lowest BCUT2D eigenvalue weighted by Gasteiger charge is -2.13. The molecule has 0 saturated carbocycles.